The second-order valence-electron chi connectivity index (χ2n) is 4.33. The molecule has 0 amide bonds. The van der Waals surface area contributed by atoms with Crippen molar-refractivity contribution in [2.75, 3.05) is 38.8 Å². The van der Waals surface area contributed by atoms with E-state index in [0.29, 0.717) is 13.2 Å². The number of ether oxygens (including phenoxy) is 2. The Hall–Kier alpha value is -1.02. The van der Waals surface area contributed by atoms with E-state index >= 15 is 0 Å². The predicted octanol–water partition coefficient (Wildman–Crippen LogP) is 2.79. The third-order valence-corrected chi connectivity index (χ3v) is 2.73. The molecule has 0 heterocycles. The molecule has 1 aromatic rings. The van der Waals surface area contributed by atoms with E-state index in [1.165, 1.54) is 13.2 Å². The molecule has 0 saturated heterocycles. The minimum atomic E-state index is -4.47. The van der Waals surface area contributed by atoms with Gasteiger partial charge in [0.15, 0.2) is 0 Å². The number of aliphatic hydroxyl groups excluding tert-OH is 1. The van der Waals surface area contributed by atoms with E-state index in [9.17, 15) is 18.3 Å². The quantitative estimate of drug-likeness (QED) is 0.721. The molecule has 1 rings (SSSR count). The summed E-state index contributed by atoms with van der Waals surface area (Å²) in [5.41, 5.74) is -0.658. The van der Waals surface area contributed by atoms with Crippen LogP contribution in [0.4, 0.5) is 18.9 Å². The lowest BCUT2D eigenvalue weighted by atomic mass is 10.2. The van der Waals surface area contributed by atoms with Gasteiger partial charge in [-0.3, -0.25) is 0 Å². The number of hydrogen-bond donors (Lipinski definition) is 2. The Morgan fingerprint density at radius 2 is 2.00 bits per heavy atom. The van der Waals surface area contributed by atoms with Gasteiger partial charge in [0.05, 0.1) is 31.5 Å². The zero-order chi connectivity index (χ0) is 15.9. The Morgan fingerprint density at radius 1 is 1.29 bits per heavy atom. The van der Waals surface area contributed by atoms with Crippen LogP contribution in [0.1, 0.15) is 5.56 Å². The third kappa shape index (κ3) is 6.99. The maximum atomic E-state index is 12.6. The molecule has 8 heteroatoms. The van der Waals surface area contributed by atoms with Crippen molar-refractivity contribution in [1.29, 1.82) is 0 Å². The van der Waals surface area contributed by atoms with Gasteiger partial charge in [0, 0.05) is 24.4 Å². The first-order valence-electron chi connectivity index (χ1n) is 6.19. The molecule has 0 fully saturated rings. The number of rotatable bonds is 8. The number of methoxy groups -OCH3 is 1. The molecule has 1 aromatic carbocycles. The van der Waals surface area contributed by atoms with Gasteiger partial charge in [-0.25, -0.2) is 0 Å². The molecule has 0 spiro atoms. The minimum Gasteiger partial charge on any atom is -0.389 e. The van der Waals surface area contributed by atoms with E-state index < -0.39 is 17.8 Å². The van der Waals surface area contributed by atoms with E-state index in [1.54, 1.807) is 0 Å². The van der Waals surface area contributed by atoms with Crippen molar-refractivity contribution in [2.45, 2.75) is 12.3 Å². The smallest absolute Gasteiger partial charge is 0.389 e. The van der Waals surface area contributed by atoms with Crippen LogP contribution in [-0.2, 0) is 15.7 Å². The van der Waals surface area contributed by atoms with Crippen LogP contribution in [0.2, 0.25) is 5.02 Å². The van der Waals surface area contributed by atoms with Crippen LogP contribution in [0, 0.1) is 0 Å². The summed E-state index contributed by atoms with van der Waals surface area (Å²) in [6.45, 7) is 0.847. The monoisotopic (exact) mass is 327 g/mol. The van der Waals surface area contributed by atoms with Crippen molar-refractivity contribution < 1.29 is 27.8 Å². The van der Waals surface area contributed by atoms with E-state index in [4.69, 9.17) is 21.1 Å². The number of nitrogens with one attached hydrogen (secondary N) is 1. The highest BCUT2D eigenvalue weighted by Gasteiger charge is 2.31. The maximum Gasteiger partial charge on any atom is 0.416 e. The summed E-state index contributed by atoms with van der Waals surface area (Å²) in [6.07, 6.45) is -5.32. The minimum absolute atomic E-state index is 0.0295. The van der Waals surface area contributed by atoms with Crippen LogP contribution < -0.4 is 5.32 Å². The Kier molecular flexibility index (Phi) is 7.24. The Balaban J connectivity index is 2.49. The van der Waals surface area contributed by atoms with Crippen molar-refractivity contribution in [2.24, 2.45) is 0 Å². The van der Waals surface area contributed by atoms with Gasteiger partial charge in [-0.05, 0) is 18.2 Å². The molecule has 0 aliphatic heterocycles. The maximum absolute atomic E-state index is 12.6. The molecule has 1 unspecified atom stereocenters. The molecule has 4 nitrogen and oxygen atoms in total. The van der Waals surface area contributed by atoms with Gasteiger partial charge in [0.2, 0.25) is 0 Å². The Morgan fingerprint density at radius 3 is 2.62 bits per heavy atom. The highest BCUT2D eigenvalue weighted by Crippen LogP contribution is 2.33. The normalized spacial score (nSPS) is 13.2. The number of anilines is 1. The van der Waals surface area contributed by atoms with E-state index in [0.717, 1.165) is 12.1 Å². The molecule has 0 aromatic heterocycles. The fourth-order valence-corrected chi connectivity index (χ4v) is 1.75. The lowest BCUT2D eigenvalue weighted by molar-refractivity contribution is -0.137. The van der Waals surface area contributed by atoms with Crippen LogP contribution in [0.25, 0.3) is 0 Å². The van der Waals surface area contributed by atoms with E-state index in [2.05, 4.69) is 5.32 Å². The molecular weight excluding hydrogens is 311 g/mol. The van der Waals surface area contributed by atoms with Crippen molar-refractivity contribution in [1.82, 2.24) is 0 Å². The number of aliphatic hydroxyl groups is 1. The lowest BCUT2D eigenvalue weighted by Gasteiger charge is -2.15. The zero-order valence-electron chi connectivity index (χ0n) is 11.4. The number of benzene rings is 1. The highest BCUT2D eigenvalue weighted by atomic mass is 35.5. The van der Waals surface area contributed by atoms with Gasteiger partial charge >= 0.3 is 6.18 Å². The fraction of sp³-hybridized carbons (Fsp3) is 0.538. The van der Waals surface area contributed by atoms with Crippen molar-refractivity contribution >= 4 is 17.3 Å². The fourth-order valence-electron chi connectivity index (χ4n) is 1.51. The van der Waals surface area contributed by atoms with Crippen LogP contribution in [0.3, 0.4) is 0 Å². The van der Waals surface area contributed by atoms with Crippen LogP contribution in [0.5, 0.6) is 0 Å². The molecule has 0 aliphatic carbocycles. The van der Waals surface area contributed by atoms with Gasteiger partial charge in [0.25, 0.3) is 0 Å². The molecule has 1 atom stereocenters. The molecule has 120 valence electrons. The van der Waals surface area contributed by atoms with Crippen molar-refractivity contribution in [3.8, 4) is 0 Å². The number of halogens is 4. The second kappa shape index (κ2) is 8.43. The summed E-state index contributed by atoms with van der Waals surface area (Å²) < 4.78 is 47.7. The molecule has 0 saturated carbocycles. The summed E-state index contributed by atoms with van der Waals surface area (Å²) in [4.78, 5) is 0. The van der Waals surface area contributed by atoms with Crippen molar-refractivity contribution in [3.05, 3.63) is 28.8 Å². The standard InChI is InChI=1S/C13H17ClF3NO3/c1-20-2-3-21-8-12(19)7-18-11-5-9(13(15,16)17)4-10(14)6-11/h4-6,12,18-19H,2-3,7-8H2,1H3. The topological polar surface area (TPSA) is 50.7 Å². The number of alkyl halides is 3. The summed E-state index contributed by atoms with van der Waals surface area (Å²) in [5, 5.41) is 12.3. The summed E-state index contributed by atoms with van der Waals surface area (Å²) in [6, 6.07) is 3.14. The average molecular weight is 328 g/mol. The van der Waals surface area contributed by atoms with Gasteiger partial charge < -0.3 is 19.9 Å². The summed E-state index contributed by atoms with van der Waals surface area (Å²) in [7, 11) is 1.53. The van der Waals surface area contributed by atoms with Crippen LogP contribution >= 0.6 is 11.6 Å². The summed E-state index contributed by atoms with van der Waals surface area (Å²) >= 11 is 5.65. The molecule has 21 heavy (non-hydrogen) atoms. The summed E-state index contributed by atoms with van der Waals surface area (Å²) in [5.74, 6) is 0. The first kappa shape index (κ1) is 18.0. The van der Waals surface area contributed by atoms with Gasteiger partial charge in [0.1, 0.15) is 0 Å². The molecule has 0 aliphatic rings. The molecular formula is C13H17ClF3NO3. The first-order valence-corrected chi connectivity index (χ1v) is 6.57. The first-order chi connectivity index (χ1) is 9.82. The lowest BCUT2D eigenvalue weighted by Crippen LogP contribution is -2.25. The predicted molar refractivity (Wildman–Crippen MR) is 73.6 cm³/mol. The Bertz CT molecular complexity index is 443. The molecule has 0 bridgehead atoms. The molecule has 2 N–H and O–H groups in total. The third-order valence-electron chi connectivity index (χ3n) is 2.51. The van der Waals surface area contributed by atoms with Gasteiger partial charge in [-0.2, -0.15) is 13.2 Å². The second-order valence-corrected chi connectivity index (χ2v) is 4.77. The van der Waals surface area contributed by atoms with E-state index in [1.807, 2.05) is 0 Å². The van der Waals surface area contributed by atoms with Crippen LogP contribution in [-0.4, -0.2) is 44.7 Å². The van der Waals surface area contributed by atoms with E-state index in [-0.39, 0.29) is 23.9 Å². The van der Waals surface area contributed by atoms with Gasteiger partial charge in [-0.15, -0.1) is 0 Å². The number of hydrogen-bond acceptors (Lipinski definition) is 4. The van der Waals surface area contributed by atoms with Gasteiger partial charge in [-0.1, -0.05) is 11.6 Å². The van der Waals surface area contributed by atoms with Crippen LogP contribution in [0.15, 0.2) is 18.2 Å². The zero-order valence-corrected chi connectivity index (χ0v) is 12.2. The SMILES string of the molecule is COCCOCC(O)CNc1cc(Cl)cc(C(F)(F)F)c1. The largest absolute Gasteiger partial charge is 0.416 e. The average Bonchev–Trinajstić information content (AvgIpc) is 2.40. The molecule has 0 radical (unpaired) electrons. The highest BCUT2D eigenvalue weighted by molar-refractivity contribution is 6.30. The van der Waals surface area contributed by atoms with Crippen molar-refractivity contribution in [3.63, 3.8) is 0 Å². The Labute approximate surface area is 125 Å².